The van der Waals surface area contributed by atoms with Crippen molar-refractivity contribution < 1.29 is 9.53 Å². The minimum absolute atomic E-state index is 0.181. The molecule has 0 spiro atoms. The summed E-state index contributed by atoms with van der Waals surface area (Å²) in [4.78, 5) is 15.2. The van der Waals surface area contributed by atoms with E-state index in [-0.39, 0.29) is 11.9 Å². The van der Waals surface area contributed by atoms with Crippen LogP contribution in [0, 0.1) is 6.92 Å². The lowest BCUT2D eigenvalue weighted by atomic mass is 9.88. The summed E-state index contributed by atoms with van der Waals surface area (Å²) in [6.07, 6.45) is 3.17. The van der Waals surface area contributed by atoms with Crippen LogP contribution in [0.25, 0.3) is 0 Å². The Morgan fingerprint density at radius 3 is 2.54 bits per heavy atom. The third-order valence-corrected chi connectivity index (χ3v) is 4.57. The molecule has 1 heterocycles. The van der Waals surface area contributed by atoms with Crippen LogP contribution in [0.2, 0.25) is 0 Å². The van der Waals surface area contributed by atoms with Gasteiger partial charge >= 0.3 is 5.97 Å². The van der Waals surface area contributed by atoms with Crippen molar-refractivity contribution in [2.24, 2.45) is 0 Å². The van der Waals surface area contributed by atoms with E-state index in [0.29, 0.717) is 13.0 Å². The van der Waals surface area contributed by atoms with Crippen molar-refractivity contribution in [3.05, 3.63) is 94.8 Å². The maximum Gasteiger partial charge on any atom is 0.310 e. The SMILES string of the molecule is CCOC(=O)Cc1cccc(C(Cc2ccc(C)cc2)c2ccc[nH]2)c1. The summed E-state index contributed by atoms with van der Waals surface area (Å²) in [5.41, 5.74) is 5.93. The van der Waals surface area contributed by atoms with Gasteiger partial charge in [0.15, 0.2) is 0 Å². The number of hydrogen-bond acceptors (Lipinski definition) is 2. The molecule has 0 bridgehead atoms. The summed E-state index contributed by atoms with van der Waals surface area (Å²) in [7, 11) is 0. The van der Waals surface area contributed by atoms with E-state index in [4.69, 9.17) is 4.74 Å². The molecule has 3 nitrogen and oxygen atoms in total. The van der Waals surface area contributed by atoms with E-state index >= 15 is 0 Å². The van der Waals surface area contributed by atoms with Crippen LogP contribution >= 0.6 is 0 Å². The van der Waals surface area contributed by atoms with Gasteiger partial charge in [0.05, 0.1) is 13.0 Å². The molecule has 0 radical (unpaired) electrons. The largest absolute Gasteiger partial charge is 0.466 e. The highest BCUT2D eigenvalue weighted by molar-refractivity contribution is 5.72. The van der Waals surface area contributed by atoms with E-state index in [9.17, 15) is 4.79 Å². The predicted molar refractivity (Wildman–Crippen MR) is 104 cm³/mol. The fraction of sp³-hybridized carbons (Fsp3) is 0.261. The van der Waals surface area contributed by atoms with Crippen molar-refractivity contribution >= 4 is 5.97 Å². The molecular formula is C23H25NO2. The Bertz CT molecular complexity index is 835. The number of aryl methyl sites for hydroxylation is 1. The zero-order valence-corrected chi connectivity index (χ0v) is 15.4. The second kappa shape index (κ2) is 8.52. The Labute approximate surface area is 155 Å². The summed E-state index contributed by atoms with van der Waals surface area (Å²) in [6.45, 7) is 4.35. The summed E-state index contributed by atoms with van der Waals surface area (Å²) in [6, 6.07) is 21.1. The number of carbonyl (C=O) groups is 1. The van der Waals surface area contributed by atoms with E-state index < -0.39 is 0 Å². The Balaban J connectivity index is 1.87. The number of aromatic nitrogens is 1. The van der Waals surface area contributed by atoms with Gasteiger partial charge in [-0.25, -0.2) is 0 Å². The number of benzene rings is 2. The van der Waals surface area contributed by atoms with Gasteiger partial charge in [0, 0.05) is 17.8 Å². The first-order valence-corrected chi connectivity index (χ1v) is 9.09. The van der Waals surface area contributed by atoms with Crippen LogP contribution in [0.5, 0.6) is 0 Å². The lowest BCUT2D eigenvalue weighted by molar-refractivity contribution is -0.142. The van der Waals surface area contributed by atoms with Gasteiger partial charge in [-0.1, -0.05) is 54.1 Å². The highest BCUT2D eigenvalue weighted by Crippen LogP contribution is 2.28. The van der Waals surface area contributed by atoms with E-state index in [0.717, 1.165) is 12.0 Å². The molecule has 0 saturated heterocycles. The quantitative estimate of drug-likeness (QED) is 0.624. The maximum absolute atomic E-state index is 11.8. The van der Waals surface area contributed by atoms with Crippen molar-refractivity contribution in [1.82, 2.24) is 4.98 Å². The van der Waals surface area contributed by atoms with Gasteiger partial charge in [0.1, 0.15) is 0 Å². The second-order valence-corrected chi connectivity index (χ2v) is 6.59. The first-order chi connectivity index (χ1) is 12.7. The van der Waals surface area contributed by atoms with Gasteiger partial charge in [0.25, 0.3) is 0 Å². The number of nitrogens with one attached hydrogen (secondary N) is 1. The van der Waals surface area contributed by atoms with Crippen LogP contribution in [0.1, 0.15) is 40.8 Å². The molecule has 3 aromatic rings. The Morgan fingerprint density at radius 1 is 1.04 bits per heavy atom. The van der Waals surface area contributed by atoms with Crippen LogP contribution in [-0.4, -0.2) is 17.6 Å². The lowest BCUT2D eigenvalue weighted by Gasteiger charge is -2.18. The maximum atomic E-state index is 11.8. The predicted octanol–water partition coefficient (Wildman–Crippen LogP) is 4.80. The van der Waals surface area contributed by atoms with E-state index in [2.05, 4.69) is 54.4 Å². The Kier molecular flexibility index (Phi) is 5.90. The van der Waals surface area contributed by atoms with E-state index in [1.165, 1.54) is 22.4 Å². The average Bonchev–Trinajstić information content (AvgIpc) is 3.16. The Hall–Kier alpha value is -2.81. The number of esters is 1. The topological polar surface area (TPSA) is 42.1 Å². The number of aromatic amines is 1. The highest BCUT2D eigenvalue weighted by Gasteiger charge is 2.17. The van der Waals surface area contributed by atoms with Crippen LogP contribution < -0.4 is 0 Å². The molecule has 1 N–H and O–H groups in total. The van der Waals surface area contributed by atoms with Gasteiger partial charge in [-0.05, 0) is 49.1 Å². The van der Waals surface area contributed by atoms with Crippen LogP contribution in [-0.2, 0) is 22.4 Å². The first kappa shape index (κ1) is 18.0. The molecule has 0 amide bonds. The van der Waals surface area contributed by atoms with Crippen molar-refractivity contribution in [1.29, 1.82) is 0 Å². The molecule has 26 heavy (non-hydrogen) atoms. The molecule has 0 aliphatic heterocycles. The molecule has 3 rings (SSSR count). The fourth-order valence-electron chi connectivity index (χ4n) is 3.23. The summed E-state index contributed by atoms with van der Waals surface area (Å²) >= 11 is 0. The van der Waals surface area contributed by atoms with Crippen molar-refractivity contribution in [2.75, 3.05) is 6.61 Å². The van der Waals surface area contributed by atoms with Gasteiger partial charge in [-0.15, -0.1) is 0 Å². The minimum atomic E-state index is -0.181. The zero-order valence-electron chi connectivity index (χ0n) is 15.4. The molecule has 0 aliphatic rings. The monoisotopic (exact) mass is 347 g/mol. The van der Waals surface area contributed by atoms with Gasteiger partial charge < -0.3 is 9.72 Å². The molecule has 3 heteroatoms. The van der Waals surface area contributed by atoms with Crippen molar-refractivity contribution in [2.45, 2.75) is 32.6 Å². The second-order valence-electron chi connectivity index (χ2n) is 6.59. The first-order valence-electron chi connectivity index (χ1n) is 9.09. The number of carbonyl (C=O) groups excluding carboxylic acids is 1. The summed E-state index contributed by atoms with van der Waals surface area (Å²) in [5.74, 6) is 0.0365. The zero-order chi connectivity index (χ0) is 18.4. The average molecular weight is 347 g/mol. The van der Waals surface area contributed by atoms with Gasteiger partial charge in [-0.2, -0.15) is 0 Å². The molecule has 1 aromatic heterocycles. The molecule has 1 unspecified atom stereocenters. The molecule has 1 atom stereocenters. The number of H-pyrrole nitrogens is 1. The molecule has 0 saturated carbocycles. The minimum Gasteiger partial charge on any atom is -0.466 e. The third-order valence-electron chi connectivity index (χ3n) is 4.57. The molecule has 2 aromatic carbocycles. The van der Waals surface area contributed by atoms with E-state index in [1.807, 2.05) is 31.3 Å². The van der Waals surface area contributed by atoms with E-state index in [1.54, 1.807) is 0 Å². The molecule has 134 valence electrons. The van der Waals surface area contributed by atoms with Crippen LogP contribution in [0.4, 0.5) is 0 Å². The smallest absolute Gasteiger partial charge is 0.310 e. The fourth-order valence-corrected chi connectivity index (χ4v) is 3.23. The molecule has 0 aliphatic carbocycles. The van der Waals surface area contributed by atoms with Crippen LogP contribution in [0.3, 0.4) is 0 Å². The van der Waals surface area contributed by atoms with Crippen LogP contribution in [0.15, 0.2) is 66.9 Å². The van der Waals surface area contributed by atoms with Crippen molar-refractivity contribution in [3.8, 4) is 0 Å². The third kappa shape index (κ3) is 4.63. The standard InChI is InChI=1S/C23H25NO2/c1-3-26-23(25)16-19-6-4-7-20(14-19)21(22-8-5-13-24-22)15-18-11-9-17(2)10-12-18/h4-14,21,24H,3,15-16H2,1-2H3. The van der Waals surface area contributed by atoms with Gasteiger partial charge in [0.2, 0.25) is 0 Å². The molecule has 0 fully saturated rings. The molecular weight excluding hydrogens is 322 g/mol. The summed E-state index contributed by atoms with van der Waals surface area (Å²) < 4.78 is 5.08. The summed E-state index contributed by atoms with van der Waals surface area (Å²) in [5, 5.41) is 0. The lowest BCUT2D eigenvalue weighted by Crippen LogP contribution is -2.09. The highest BCUT2D eigenvalue weighted by atomic mass is 16.5. The Morgan fingerprint density at radius 2 is 1.85 bits per heavy atom. The van der Waals surface area contributed by atoms with Gasteiger partial charge in [-0.3, -0.25) is 4.79 Å². The van der Waals surface area contributed by atoms with Crippen molar-refractivity contribution in [3.63, 3.8) is 0 Å². The normalized spacial score (nSPS) is 11.9. The number of hydrogen-bond donors (Lipinski definition) is 1. The number of rotatable bonds is 7. The number of ether oxygens (including phenoxy) is 1.